The molecule has 0 unspecified atom stereocenters. The third kappa shape index (κ3) is 4.20. The molecule has 154 valence electrons. The number of carbonyl (C=O) groups is 2. The minimum absolute atomic E-state index is 0.0166. The molecule has 2 amide bonds. The number of amides is 2. The minimum Gasteiger partial charge on any atom is -0.348 e. The molecule has 26 heavy (non-hydrogen) atoms. The van der Waals surface area contributed by atoms with Crippen molar-refractivity contribution in [3.05, 3.63) is 0 Å². The maximum Gasteiger partial charge on any atom is 0.392 e. The lowest BCUT2D eigenvalue weighted by Crippen LogP contribution is -2.69. The van der Waals surface area contributed by atoms with E-state index in [0.717, 1.165) is 13.8 Å². The van der Waals surface area contributed by atoms with E-state index >= 15 is 0 Å². The van der Waals surface area contributed by atoms with Crippen LogP contribution < -0.4 is 10.6 Å². The molecule has 0 bridgehead atoms. The van der Waals surface area contributed by atoms with Gasteiger partial charge in [-0.05, 0) is 26.7 Å². The molecule has 0 aromatic heterocycles. The van der Waals surface area contributed by atoms with Gasteiger partial charge in [-0.1, -0.05) is 13.8 Å². The van der Waals surface area contributed by atoms with Crippen LogP contribution in [0, 0.1) is 0 Å². The van der Waals surface area contributed by atoms with E-state index in [9.17, 15) is 44.7 Å². The Morgan fingerprint density at radius 2 is 0.923 bits per heavy atom. The van der Waals surface area contributed by atoms with Crippen LogP contribution in [0.15, 0.2) is 0 Å². The Labute approximate surface area is 144 Å². The van der Waals surface area contributed by atoms with Gasteiger partial charge in [-0.2, -0.15) is 35.1 Å². The number of rotatable bonds is 9. The normalized spacial score (nSPS) is 16.0. The van der Waals surface area contributed by atoms with Crippen LogP contribution >= 0.6 is 0 Å². The van der Waals surface area contributed by atoms with Gasteiger partial charge < -0.3 is 10.6 Å². The van der Waals surface area contributed by atoms with Crippen LogP contribution in [0.3, 0.4) is 0 Å². The Bertz CT molecular complexity index is 479. The van der Waals surface area contributed by atoms with Crippen molar-refractivity contribution >= 4 is 11.8 Å². The number of nitrogens with one attached hydrogen (secondary N) is 2. The third-order valence-electron chi connectivity index (χ3n) is 3.73. The molecule has 0 fully saturated rings. The van der Waals surface area contributed by atoms with Crippen molar-refractivity contribution in [2.75, 3.05) is 0 Å². The first-order valence-electron chi connectivity index (χ1n) is 7.63. The molecular weight excluding hydrogens is 380 g/mol. The first-order valence-corrected chi connectivity index (χ1v) is 7.63. The molecule has 12 heteroatoms. The fourth-order valence-electron chi connectivity index (χ4n) is 1.51. The molecule has 0 aliphatic carbocycles. The number of carbonyl (C=O) groups excluding carboxylic acids is 2. The molecule has 0 heterocycles. The molecule has 0 saturated carbocycles. The minimum atomic E-state index is -6.84. The van der Waals surface area contributed by atoms with Crippen LogP contribution in [-0.4, -0.2) is 47.6 Å². The summed E-state index contributed by atoms with van der Waals surface area (Å²) in [6.45, 7) is 4.95. The van der Waals surface area contributed by atoms with Crippen molar-refractivity contribution in [2.45, 2.75) is 76.3 Å². The maximum absolute atomic E-state index is 13.6. The molecule has 2 atom stereocenters. The predicted molar refractivity (Wildman–Crippen MR) is 75.6 cm³/mol. The summed E-state index contributed by atoms with van der Waals surface area (Å²) in [6.07, 6.45) is -0.0332. The van der Waals surface area contributed by atoms with Crippen LogP contribution in [0.1, 0.15) is 40.5 Å². The summed E-state index contributed by atoms with van der Waals surface area (Å²) in [4.78, 5) is 22.5. The summed E-state index contributed by atoms with van der Waals surface area (Å²) >= 11 is 0. The van der Waals surface area contributed by atoms with Crippen LogP contribution in [-0.2, 0) is 9.59 Å². The average molecular weight is 400 g/mol. The summed E-state index contributed by atoms with van der Waals surface area (Å²) in [7, 11) is 0. The summed E-state index contributed by atoms with van der Waals surface area (Å²) in [5.74, 6) is -31.8. The molecule has 0 aromatic rings. The van der Waals surface area contributed by atoms with Crippen LogP contribution in [0.25, 0.3) is 0 Å². The van der Waals surface area contributed by atoms with Gasteiger partial charge in [-0.15, -0.1) is 0 Å². The van der Waals surface area contributed by atoms with Crippen molar-refractivity contribution in [1.82, 2.24) is 10.6 Å². The van der Waals surface area contributed by atoms with Crippen LogP contribution in [0.4, 0.5) is 35.1 Å². The number of alkyl halides is 8. The Morgan fingerprint density at radius 1 is 0.692 bits per heavy atom. The maximum atomic E-state index is 13.6. The molecule has 2 N–H and O–H groups in total. The van der Waals surface area contributed by atoms with Crippen LogP contribution in [0.5, 0.6) is 0 Å². The van der Waals surface area contributed by atoms with Gasteiger partial charge in [0.2, 0.25) is 0 Å². The zero-order valence-corrected chi connectivity index (χ0v) is 14.4. The molecular formula is C14H20F8N2O2. The van der Waals surface area contributed by atoms with E-state index in [0.29, 0.717) is 0 Å². The van der Waals surface area contributed by atoms with Crippen molar-refractivity contribution in [1.29, 1.82) is 0 Å². The Balaban J connectivity index is 5.83. The fourth-order valence-corrected chi connectivity index (χ4v) is 1.51. The van der Waals surface area contributed by atoms with E-state index in [1.54, 1.807) is 0 Å². The highest BCUT2D eigenvalue weighted by Crippen LogP contribution is 2.52. The monoisotopic (exact) mass is 400 g/mol. The number of halogens is 8. The smallest absolute Gasteiger partial charge is 0.348 e. The van der Waals surface area contributed by atoms with Gasteiger partial charge in [-0.3, -0.25) is 9.59 Å². The summed E-state index contributed by atoms with van der Waals surface area (Å²) in [6, 6.07) is -2.21. The second kappa shape index (κ2) is 7.95. The van der Waals surface area contributed by atoms with Gasteiger partial charge in [-0.25, -0.2) is 0 Å². The average Bonchev–Trinajstić information content (AvgIpc) is 2.53. The molecule has 0 aliphatic heterocycles. The predicted octanol–water partition coefficient (Wildman–Crippen LogP) is 3.36. The molecule has 0 aromatic carbocycles. The first-order chi connectivity index (χ1) is 11.5. The highest BCUT2D eigenvalue weighted by Gasteiger charge is 2.84. The quantitative estimate of drug-likeness (QED) is 0.584. The van der Waals surface area contributed by atoms with Crippen molar-refractivity contribution < 1.29 is 44.7 Å². The molecule has 0 rings (SSSR count). The van der Waals surface area contributed by atoms with E-state index in [2.05, 4.69) is 0 Å². The largest absolute Gasteiger partial charge is 0.392 e. The van der Waals surface area contributed by atoms with Crippen LogP contribution in [0.2, 0.25) is 0 Å². The fraction of sp³-hybridized carbons (Fsp3) is 0.857. The Morgan fingerprint density at radius 3 is 1.12 bits per heavy atom. The number of hydrogen-bond acceptors (Lipinski definition) is 2. The van der Waals surface area contributed by atoms with Gasteiger partial charge >= 0.3 is 23.7 Å². The van der Waals surface area contributed by atoms with E-state index < -0.39 is 47.6 Å². The zero-order valence-electron chi connectivity index (χ0n) is 14.4. The molecule has 0 spiro atoms. The lowest BCUT2D eigenvalue weighted by molar-refractivity contribution is -0.347. The van der Waals surface area contributed by atoms with Crippen molar-refractivity contribution in [3.63, 3.8) is 0 Å². The highest BCUT2D eigenvalue weighted by molar-refractivity contribution is 5.87. The zero-order chi connectivity index (χ0) is 21.1. The van der Waals surface area contributed by atoms with Gasteiger partial charge in [0, 0.05) is 12.1 Å². The first kappa shape index (κ1) is 24.4. The van der Waals surface area contributed by atoms with Crippen molar-refractivity contribution in [2.24, 2.45) is 0 Å². The number of hydrogen-bond donors (Lipinski definition) is 2. The SMILES string of the molecule is CC[C@@H](C)NC(=O)C(F)(F)C(F)(F)C(F)(F)C(F)(F)C(=O)N[C@@H](C)CC. The Hall–Kier alpha value is -1.62. The third-order valence-corrected chi connectivity index (χ3v) is 3.73. The van der Waals surface area contributed by atoms with E-state index in [1.165, 1.54) is 24.5 Å². The topological polar surface area (TPSA) is 58.2 Å². The van der Waals surface area contributed by atoms with Gasteiger partial charge in [0.15, 0.2) is 0 Å². The Kier molecular flexibility index (Phi) is 7.45. The standard InChI is InChI=1S/C14H20F8N2O2/c1-5-7(3)23-9(25)11(15,16)13(19,20)14(21,22)12(17,18)10(26)24-8(4)6-2/h7-8H,5-6H2,1-4H3,(H,23,25)(H,24,26)/t7-,8+. The molecule has 4 nitrogen and oxygen atoms in total. The highest BCUT2D eigenvalue weighted by atomic mass is 19.4. The lowest BCUT2D eigenvalue weighted by atomic mass is 9.96. The van der Waals surface area contributed by atoms with Gasteiger partial charge in [0.1, 0.15) is 0 Å². The van der Waals surface area contributed by atoms with Gasteiger partial charge in [0.25, 0.3) is 11.8 Å². The van der Waals surface area contributed by atoms with Gasteiger partial charge in [0.05, 0.1) is 0 Å². The van der Waals surface area contributed by atoms with E-state index in [1.807, 2.05) is 0 Å². The lowest BCUT2D eigenvalue weighted by Gasteiger charge is -2.35. The summed E-state index contributed by atoms with van der Waals surface area (Å²) < 4.78 is 109. The summed E-state index contributed by atoms with van der Waals surface area (Å²) in [5.41, 5.74) is 0. The second-order valence-corrected chi connectivity index (χ2v) is 5.86. The van der Waals surface area contributed by atoms with Crippen molar-refractivity contribution in [3.8, 4) is 0 Å². The summed E-state index contributed by atoms with van der Waals surface area (Å²) in [5, 5.41) is 2.64. The molecule has 0 radical (unpaired) electrons. The molecule has 0 saturated heterocycles. The second-order valence-electron chi connectivity index (χ2n) is 5.86. The molecule has 0 aliphatic rings. The van der Waals surface area contributed by atoms with E-state index in [4.69, 9.17) is 0 Å². The van der Waals surface area contributed by atoms with E-state index in [-0.39, 0.29) is 12.8 Å².